The number of rotatable bonds is 4. The van der Waals surface area contributed by atoms with Crippen LogP contribution >= 0.6 is 0 Å². The number of pyridine rings is 1. The van der Waals surface area contributed by atoms with E-state index in [4.69, 9.17) is 10.7 Å². The monoisotopic (exact) mass is 375 g/mol. The molecule has 0 atom stereocenters. The first kappa shape index (κ1) is 16.7. The van der Waals surface area contributed by atoms with Crippen molar-refractivity contribution < 1.29 is 4.79 Å². The van der Waals surface area contributed by atoms with Crippen molar-refractivity contribution in [1.82, 2.24) is 29.6 Å². The number of amides is 1. The number of nitrogens with one attached hydrogen (secondary N) is 1. The fraction of sp³-hybridized carbons (Fsp3) is 0.300. The Labute approximate surface area is 161 Å². The molecule has 1 aromatic carbocycles. The summed E-state index contributed by atoms with van der Waals surface area (Å²) in [7, 11) is 0. The van der Waals surface area contributed by atoms with Crippen LogP contribution in [0, 0.1) is 0 Å². The molecule has 0 unspecified atom stereocenters. The summed E-state index contributed by atoms with van der Waals surface area (Å²) in [6.45, 7) is 4.12. The maximum Gasteiger partial charge on any atom is 0.223 e. The Morgan fingerprint density at radius 3 is 2.86 bits per heavy atom. The molecule has 8 nitrogen and oxygen atoms in total. The van der Waals surface area contributed by atoms with E-state index in [0.29, 0.717) is 24.3 Å². The largest absolute Gasteiger partial charge is 0.382 e. The van der Waals surface area contributed by atoms with Gasteiger partial charge in [-0.25, -0.2) is 9.97 Å². The van der Waals surface area contributed by atoms with Crippen LogP contribution < -0.4 is 5.73 Å². The Kier molecular flexibility index (Phi) is 3.78. The number of aryl methyl sites for hydroxylation is 1. The van der Waals surface area contributed by atoms with E-state index >= 15 is 0 Å². The number of nitrogen functional groups attached to an aromatic ring is 1. The average molecular weight is 375 g/mol. The standard InChI is InChI=1S/C20H21N7O/c1-2-27-16(11-26-9-3-4-17(26)28)24-18-19(27)13-6-5-12(14-7-8-22-25-14)10-15(13)23-20(18)21/h5-8,10H,2-4,9,11H2,1H3,(H2,21,23)(H,22,25). The Morgan fingerprint density at radius 2 is 2.14 bits per heavy atom. The molecule has 1 fully saturated rings. The number of anilines is 1. The lowest BCUT2D eigenvalue weighted by atomic mass is 10.1. The number of likely N-dealkylation sites (tertiary alicyclic amines) is 1. The van der Waals surface area contributed by atoms with Crippen molar-refractivity contribution in [3.63, 3.8) is 0 Å². The van der Waals surface area contributed by atoms with Crippen molar-refractivity contribution in [2.24, 2.45) is 0 Å². The molecule has 4 heterocycles. The summed E-state index contributed by atoms with van der Waals surface area (Å²) in [5.74, 6) is 1.45. The molecule has 0 radical (unpaired) electrons. The summed E-state index contributed by atoms with van der Waals surface area (Å²) in [6.07, 6.45) is 3.26. The van der Waals surface area contributed by atoms with E-state index in [0.717, 1.165) is 53.0 Å². The van der Waals surface area contributed by atoms with Crippen LogP contribution in [-0.2, 0) is 17.9 Å². The second-order valence-electron chi connectivity index (χ2n) is 7.09. The third kappa shape index (κ3) is 2.52. The second-order valence-corrected chi connectivity index (χ2v) is 7.09. The van der Waals surface area contributed by atoms with Gasteiger partial charge in [0.1, 0.15) is 11.3 Å². The molecule has 8 heteroatoms. The molecule has 3 N–H and O–H groups in total. The summed E-state index contributed by atoms with van der Waals surface area (Å²) in [5, 5.41) is 7.99. The summed E-state index contributed by atoms with van der Waals surface area (Å²) in [5.41, 5.74) is 10.7. The first-order valence-corrected chi connectivity index (χ1v) is 9.51. The normalized spacial score (nSPS) is 14.6. The van der Waals surface area contributed by atoms with Crippen LogP contribution in [0.2, 0.25) is 0 Å². The Hall–Kier alpha value is -3.42. The van der Waals surface area contributed by atoms with Crippen LogP contribution in [-0.4, -0.2) is 42.1 Å². The van der Waals surface area contributed by atoms with Gasteiger partial charge in [0.2, 0.25) is 5.91 Å². The van der Waals surface area contributed by atoms with E-state index in [2.05, 4.69) is 32.7 Å². The number of hydrogen-bond acceptors (Lipinski definition) is 5. The van der Waals surface area contributed by atoms with Crippen molar-refractivity contribution in [1.29, 1.82) is 0 Å². The number of benzene rings is 1. The minimum atomic E-state index is 0.190. The zero-order valence-corrected chi connectivity index (χ0v) is 15.6. The van der Waals surface area contributed by atoms with E-state index in [1.807, 2.05) is 23.1 Å². The van der Waals surface area contributed by atoms with E-state index in [1.165, 1.54) is 0 Å². The van der Waals surface area contributed by atoms with Gasteiger partial charge in [0, 0.05) is 36.7 Å². The lowest BCUT2D eigenvalue weighted by Crippen LogP contribution is -2.25. The molecular formula is C20H21N7O. The summed E-state index contributed by atoms with van der Waals surface area (Å²) >= 11 is 0. The highest BCUT2D eigenvalue weighted by atomic mass is 16.2. The number of carbonyl (C=O) groups is 1. The van der Waals surface area contributed by atoms with Crippen LogP contribution in [0.3, 0.4) is 0 Å². The predicted molar refractivity (Wildman–Crippen MR) is 107 cm³/mol. The number of carbonyl (C=O) groups excluding carboxylic acids is 1. The quantitative estimate of drug-likeness (QED) is 0.570. The summed E-state index contributed by atoms with van der Waals surface area (Å²) < 4.78 is 2.15. The molecule has 0 bridgehead atoms. The number of aromatic nitrogens is 5. The third-order valence-corrected chi connectivity index (χ3v) is 5.41. The van der Waals surface area contributed by atoms with Crippen molar-refractivity contribution in [2.45, 2.75) is 32.9 Å². The van der Waals surface area contributed by atoms with Gasteiger partial charge in [-0.05, 0) is 31.5 Å². The highest BCUT2D eigenvalue weighted by molar-refractivity contribution is 6.07. The van der Waals surface area contributed by atoms with Gasteiger partial charge in [-0.2, -0.15) is 5.10 Å². The van der Waals surface area contributed by atoms with Crippen LogP contribution in [0.15, 0.2) is 30.5 Å². The maximum absolute atomic E-state index is 12.1. The first-order valence-electron chi connectivity index (χ1n) is 9.51. The number of hydrogen-bond donors (Lipinski definition) is 2. The number of imidazole rings is 1. The van der Waals surface area contributed by atoms with Gasteiger partial charge in [-0.3, -0.25) is 9.89 Å². The molecule has 3 aromatic heterocycles. The van der Waals surface area contributed by atoms with Crippen molar-refractivity contribution >= 4 is 33.7 Å². The zero-order valence-electron chi connectivity index (χ0n) is 15.6. The van der Waals surface area contributed by atoms with E-state index in [-0.39, 0.29) is 5.91 Å². The molecule has 1 amide bonds. The van der Waals surface area contributed by atoms with Crippen LogP contribution in [0.25, 0.3) is 33.2 Å². The molecule has 142 valence electrons. The number of aromatic amines is 1. The molecule has 4 aromatic rings. The Morgan fingerprint density at radius 1 is 1.25 bits per heavy atom. The second kappa shape index (κ2) is 6.33. The molecule has 5 rings (SSSR count). The third-order valence-electron chi connectivity index (χ3n) is 5.41. The molecule has 28 heavy (non-hydrogen) atoms. The van der Waals surface area contributed by atoms with Gasteiger partial charge >= 0.3 is 0 Å². The number of nitrogens with zero attached hydrogens (tertiary/aromatic N) is 5. The molecule has 0 spiro atoms. The van der Waals surface area contributed by atoms with Crippen molar-refractivity contribution in [3.8, 4) is 11.3 Å². The minimum absolute atomic E-state index is 0.190. The SMILES string of the molecule is CCn1c(CN2CCCC2=O)nc2c(N)nc3cc(-c4ccn[nH]4)ccc3c21. The average Bonchev–Trinajstić information content (AvgIpc) is 3.42. The number of fused-ring (bicyclic) bond motifs is 3. The first-order chi connectivity index (χ1) is 13.7. The van der Waals surface area contributed by atoms with Gasteiger partial charge in [-0.1, -0.05) is 6.07 Å². The lowest BCUT2D eigenvalue weighted by molar-refractivity contribution is -0.128. The highest BCUT2D eigenvalue weighted by Crippen LogP contribution is 2.32. The number of H-pyrrole nitrogens is 1. The zero-order chi connectivity index (χ0) is 19.3. The smallest absolute Gasteiger partial charge is 0.223 e. The minimum Gasteiger partial charge on any atom is -0.382 e. The molecule has 1 saturated heterocycles. The molecule has 1 aliphatic rings. The Balaban J connectivity index is 1.69. The van der Waals surface area contributed by atoms with Crippen LogP contribution in [0.5, 0.6) is 0 Å². The van der Waals surface area contributed by atoms with Gasteiger partial charge in [0.05, 0.1) is 23.3 Å². The maximum atomic E-state index is 12.1. The van der Waals surface area contributed by atoms with Crippen molar-refractivity contribution in [3.05, 3.63) is 36.3 Å². The molecule has 0 aliphatic carbocycles. The van der Waals surface area contributed by atoms with Gasteiger partial charge in [-0.15, -0.1) is 0 Å². The van der Waals surface area contributed by atoms with E-state index < -0.39 is 0 Å². The van der Waals surface area contributed by atoms with Crippen molar-refractivity contribution in [2.75, 3.05) is 12.3 Å². The Bertz CT molecular complexity index is 1190. The topological polar surface area (TPSA) is 106 Å². The van der Waals surface area contributed by atoms with E-state index in [9.17, 15) is 4.79 Å². The summed E-state index contributed by atoms with van der Waals surface area (Å²) in [4.78, 5) is 23.3. The fourth-order valence-corrected chi connectivity index (χ4v) is 4.05. The highest BCUT2D eigenvalue weighted by Gasteiger charge is 2.24. The van der Waals surface area contributed by atoms with Crippen LogP contribution in [0.4, 0.5) is 5.82 Å². The lowest BCUT2D eigenvalue weighted by Gasteiger charge is -2.16. The summed E-state index contributed by atoms with van der Waals surface area (Å²) in [6, 6.07) is 8.03. The van der Waals surface area contributed by atoms with Gasteiger partial charge < -0.3 is 15.2 Å². The molecule has 1 aliphatic heterocycles. The fourth-order valence-electron chi connectivity index (χ4n) is 4.05. The van der Waals surface area contributed by atoms with Crippen LogP contribution in [0.1, 0.15) is 25.6 Å². The van der Waals surface area contributed by atoms with Gasteiger partial charge in [0.25, 0.3) is 0 Å². The predicted octanol–water partition coefficient (Wildman–Crippen LogP) is 2.70. The number of nitrogens with two attached hydrogens (primary N) is 1. The molecular weight excluding hydrogens is 354 g/mol. The molecule has 0 saturated carbocycles. The van der Waals surface area contributed by atoms with Gasteiger partial charge in [0.15, 0.2) is 5.82 Å². The van der Waals surface area contributed by atoms with E-state index in [1.54, 1.807) is 6.20 Å².